The molecule has 6 nitrogen and oxygen atoms in total. The van der Waals surface area contributed by atoms with Crippen molar-refractivity contribution in [3.05, 3.63) is 17.7 Å². The first-order chi connectivity index (χ1) is 9.90. The van der Waals surface area contributed by atoms with Crippen molar-refractivity contribution in [1.82, 2.24) is 4.72 Å². The molecule has 1 aromatic rings. The SMILES string of the molecule is CC1(NS(=O)(=O)c2cc(N)cc3c2OCCC3)CCOC1. The van der Waals surface area contributed by atoms with E-state index >= 15 is 0 Å². The van der Waals surface area contributed by atoms with Gasteiger partial charge >= 0.3 is 0 Å². The summed E-state index contributed by atoms with van der Waals surface area (Å²) in [7, 11) is -3.70. The number of fused-ring (bicyclic) bond motifs is 1. The Kier molecular flexibility index (Phi) is 3.59. The molecule has 2 aliphatic rings. The zero-order valence-electron chi connectivity index (χ0n) is 12.0. The number of rotatable bonds is 3. The number of sulfonamides is 1. The summed E-state index contributed by atoms with van der Waals surface area (Å²) < 4.78 is 39.1. The molecular weight excluding hydrogens is 292 g/mol. The summed E-state index contributed by atoms with van der Waals surface area (Å²) in [4.78, 5) is 0.130. The third kappa shape index (κ3) is 2.86. The molecule has 1 unspecified atom stereocenters. The Balaban J connectivity index is 2.00. The zero-order valence-corrected chi connectivity index (χ0v) is 12.8. The minimum atomic E-state index is -3.70. The van der Waals surface area contributed by atoms with Crippen molar-refractivity contribution in [1.29, 1.82) is 0 Å². The van der Waals surface area contributed by atoms with Crippen LogP contribution < -0.4 is 15.2 Å². The number of benzene rings is 1. The summed E-state index contributed by atoms with van der Waals surface area (Å²) >= 11 is 0. The lowest BCUT2D eigenvalue weighted by Gasteiger charge is -2.26. The maximum Gasteiger partial charge on any atom is 0.244 e. The molecule has 1 saturated heterocycles. The van der Waals surface area contributed by atoms with Crippen molar-refractivity contribution in [3.63, 3.8) is 0 Å². The highest BCUT2D eigenvalue weighted by Crippen LogP contribution is 2.35. The van der Waals surface area contributed by atoms with Gasteiger partial charge in [-0.25, -0.2) is 13.1 Å². The van der Waals surface area contributed by atoms with E-state index < -0.39 is 15.6 Å². The summed E-state index contributed by atoms with van der Waals surface area (Å²) in [6.07, 6.45) is 2.30. The highest BCUT2D eigenvalue weighted by Gasteiger charge is 2.36. The largest absolute Gasteiger partial charge is 0.492 e. The molecule has 7 heteroatoms. The molecule has 0 radical (unpaired) electrons. The van der Waals surface area contributed by atoms with Crippen molar-refractivity contribution in [2.75, 3.05) is 25.6 Å². The fraction of sp³-hybridized carbons (Fsp3) is 0.571. The lowest BCUT2D eigenvalue weighted by molar-refractivity contribution is 0.178. The molecule has 116 valence electrons. The van der Waals surface area contributed by atoms with Gasteiger partial charge in [-0.15, -0.1) is 0 Å². The van der Waals surface area contributed by atoms with Gasteiger partial charge in [-0.1, -0.05) is 0 Å². The highest BCUT2D eigenvalue weighted by atomic mass is 32.2. The average molecular weight is 312 g/mol. The first kappa shape index (κ1) is 14.6. The summed E-state index contributed by atoms with van der Waals surface area (Å²) in [5.41, 5.74) is 6.56. The fourth-order valence-corrected chi connectivity index (χ4v) is 4.44. The Hall–Kier alpha value is -1.31. The second-order valence-electron chi connectivity index (χ2n) is 5.93. The quantitative estimate of drug-likeness (QED) is 0.814. The number of anilines is 1. The van der Waals surface area contributed by atoms with E-state index in [-0.39, 0.29) is 4.90 Å². The standard InChI is InChI=1S/C14H20N2O4S/c1-14(4-6-19-9-14)16-21(17,18)12-8-11(15)7-10-3-2-5-20-13(10)12/h7-8,16H,2-6,9,15H2,1H3. The van der Waals surface area contributed by atoms with Gasteiger partial charge in [-0.05, 0) is 43.9 Å². The minimum absolute atomic E-state index is 0.130. The fourth-order valence-electron chi connectivity index (χ4n) is 2.80. The molecule has 0 aromatic heterocycles. The van der Waals surface area contributed by atoms with Gasteiger partial charge in [-0.2, -0.15) is 0 Å². The van der Waals surface area contributed by atoms with E-state index in [2.05, 4.69) is 4.72 Å². The van der Waals surface area contributed by atoms with Crippen LogP contribution in [0.5, 0.6) is 5.75 Å². The molecule has 0 bridgehead atoms. The second kappa shape index (κ2) is 5.15. The summed E-state index contributed by atoms with van der Waals surface area (Å²) in [6.45, 7) is 3.30. The normalized spacial score (nSPS) is 25.4. The predicted molar refractivity (Wildman–Crippen MR) is 78.8 cm³/mol. The van der Waals surface area contributed by atoms with Gasteiger partial charge in [0.25, 0.3) is 0 Å². The molecule has 2 aliphatic heterocycles. The number of nitrogens with two attached hydrogens (primary N) is 1. The number of hydrogen-bond acceptors (Lipinski definition) is 5. The van der Waals surface area contributed by atoms with Gasteiger partial charge in [0.15, 0.2) is 0 Å². The zero-order chi connectivity index (χ0) is 15.1. The molecule has 3 rings (SSSR count). The Labute approximate surface area is 124 Å². The van der Waals surface area contributed by atoms with Crippen LogP contribution in [0.3, 0.4) is 0 Å². The van der Waals surface area contributed by atoms with Crippen LogP contribution >= 0.6 is 0 Å². The third-order valence-electron chi connectivity index (χ3n) is 3.88. The van der Waals surface area contributed by atoms with E-state index in [0.29, 0.717) is 37.7 Å². The molecule has 0 spiro atoms. The van der Waals surface area contributed by atoms with E-state index in [0.717, 1.165) is 18.4 Å². The van der Waals surface area contributed by atoms with Crippen LogP contribution in [0.15, 0.2) is 17.0 Å². The molecule has 1 fully saturated rings. The molecule has 1 aromatic carbocycles. The van der Waals surface area contributed by atoms with Gasteiger partial charge < -0.3 is 15.2 Å². The molecule has 1 atom stereocenters. The number of aryl methyl sites for hydroxylation is 1. The van der Waals surface area contributed by atoms with E-state index in [9.17, 15) is 8.42 Å². The Morgan fingerprint density at radius 3 is 2.86 bits per heavy atom. The van der Waals surface area contributed by atoms with Gasteiger partial charge in [0.2, 0.25) is 10.0 Å². The first-order valence-electron chi connectivity index (χ1n) is 7.07. The van der Waals surface area contributed by atoms with Gasteiger partial charge in [0, 0.05) is 12.3 Å². The van der Waals surface area contributed by atoms with E-state index in [1.54, 1.807) is 6.07 Å². The van der Waals surface area contributed by atoms with Crippen LogP contribution in [-0.2, 0) is 21.2 Å². The van der Waals surface area contributed by atoms with Crippen molar-refractivity contribution in [2.24, 2.45) is 0 Å². The van der Waals surface area contributed by atoms with Crippen LogP contribution in [0.2, 0.25) is 0 Å². The highest BCUT2D eigenvalue weighted by molar-refractivity contribution is 7.89. The molecule has 3 N–H and O–H groups in total. The van der Waals surface area contributed by atoms with Crippen LogP contribution in [0.1, 0.15) is 25.3 Å². The molecule has 0 saturated carbocycles. The molecule has 0 aliphatic carbocycles. The maximum atomic E-state index is 12.7. The van der Waals surface area contributed by atoms with E-state index in [4.69, 9.17) is 15.2 Å². The Morgan fingerprint density at radius 1 is 1.33 bits per heavy atom. The van der Waals surface area contributed by atoms with Crippen molar-refractivity contribution < 1.29 is 17.9 Å². The average Bonchev–Trinajstić information content (AvgIpc) is 2.83. The van der Waals surface area contributed by atoms with Crippen LogP contribution in [0.25, 0.3) is 0 Å². The number of nitrogen functional groups attached to an aromatic ring is 1. The van der Waals surface area contributed by atoms with Crippen molar-refractivity contribution in [2.45, 2.75) is 36.6 Å². The Morgan fingerprint density at radius 2 is 2.14 bits per heavy atom. The maximum absolute atomic E-state index is 12.7. The summed E-state index contributed by atoms with van der Waals surface area (Å²) in [6, 6.07) is 3.25. The lowest BCUT2D eigenvalue weighted by atomic mass is 10.0. The monoisotopic (exact) mass is 312 g/mol. The van der Waals surface area contributed by atoms with Gasteiger partial charge in [0.1, 0.15) is 10.6 Å². The van der Waals surface area contributed by atoms with Crippen LogP contribution in [0, 0.1) is 0 Å². The predicted octanol–water partition coefficient (Wildman–Crippen LogP) is 1.05. The van der Waals surface area contributed by atoms with Crippen LogP contribution in [-0.4, -0.2) is 33.8 Å². The van der Waals surface area contributed by atoms with Crippen molar-refractivity contribution in [3.8, 4) is 5.75 Å². The molecular formula is C14H20N2O4S. The number of hydrogen-bond donors (Lipinski definition) is 2. The smallest absolute Gasteiger partial charge is 0.244 e. The summed E-state index contributed by atoms with van der Waals surface area (Å²) in [5, 5.41) is 0. The van der Waals surface area contributed by atoms with E-state index in [1.807, 2.05) is 6.92 Å². The summed E-state index contributed by atoms with van der Waals surface area (Å²) in [5.74, 6) is 0.436. The second-order valence-corrected chi connectivity index (χ2v) is 7.58. The van der Waals surface area contributed by atoms with Crippen LogP contribution in [0.4, 0.5) is 5.69 Å². The molecule has 21 heavy (non-hydrogen) atoms. The third-order valence-corrected chi connectivity index (χ3v) is 5.52. The minimum Gasteiger partial charge on any atom is -0.492 e. The van der Waals surface area contributed by atoms with Crippen molar-refractivity contribution >= 4 is 15.7 Å². The molecule has 0 amide bonds. The Bertz CT molecular complexity index is 651. The number of nitrogens with one attached hydrogen (secondary N) is 1. The first-order valence-corrected chi connectivity index (χ1v) is 8.55. The van der Waals surface area contributed by atoms with E-state index in [1.165, 1.54) is 6.07 Å². The number of ether oxygens (including phenoxy) is 2. The topological polar surface area (TPSA) is 90.7 Å². The lowest BCUT2D eigenvalue weighted by Crippen LogP contribution is -2.46. The van der Waals surface area contributed by atoms with Gasteiger partial charge in [-0.3, -0.25) is 0 Å². The van der Waals surface area contributed by atoms with Gasteiger partial charge in [0.05, 0.1) is 18.8 Å². The molecule has 2 heterocycles.